The van der Waals surface area contributed by atoms with Crippen LogP contribution in [0.3, 0.4) is 0 Å². The first-order valence-corrected chi connectivity index (χ1v) is 12.2. The molecule has 1 unspecified atom stereocenters. The Morgan fingerprint density at radius 1 is 1.24 bits per heavy atom. The van der Waals surface area contributed by atoms with Crippen molar-refractivity contribution in [3.8, 4) is 0 Å². The van der Waals surface area contributed by atoms with Crippen LogP contribution in [0.5, 0.6) is 0 Å². The second kappa shape index (κ2) is 9.92. The van der Waals surface area contributed by atoms with Gasteiger partial charge in [-0.05, 0) is 51.5 Å². The smallest absolute Gasteiger partial charge is 0.353 e. The normalized spacial score (nSPS) is 23.0. The highest BCUT2D eigenvalue weighted by molar-refractivity contribution is 6.38. The van der Waals surface area contributed by atoms with E-state index in [1.54, 1.807) is 6.92 Å². The second-order valence-corrected chi connectivity index (χ2v) is 10.2. The van der Waals surface area contributed by atoms with E-state index < -0.39 is 71.3 Å². The van der Waals surface area contributed by atoms with E-state index in [1.807, 2.05) is 0 Å². The van der Waals surface area contributed by atoms with Crippen molar-refractivity contribution in [1.29, 1.82) is 0 Å². The molecule has 4 amide bonds. The zero-order chi connectivity index (χ0) is 27.1. The average Bonchev–Trinajstić information content (AvgIpc) is 3.72. The van der Waals surface area contributed by atoms with E-state index >= 15 is 0 Å². The van der Waals surface area contributed by atoms with Crippen LogP contribution in [0.1, 0.15) is 55.8 Å². The molecule has 200 valence electrons. The number of carbonyl (C=O) groups excluding carboxylic acids is 5. The molecule has 3 fully saturated rings. The van der Waals surface area contributed by atoms with Gasteiger partial charge in [0.25, 0.3) is 11.8 Å². The number of Topliss-reactive ketones (excluding diaryl/α,β-unsaturated/α-hetero) is 1. The van der Waals surface area contributed by atoms with E-state index in [9.17, 15) is 37.1 Å². The fourth-order valence-electron chi connectivity index (χ4n) is 4.25. The first kappa shape index (κ1) is 26.8. The van der Waals surface area contributed by atoms with Gasteiger partial charge in [0.05, 0.1) is 16.6 Å². The number of halogens is 4. The Balaban J connectivity index is 1.55. The van der Waals surface area contributed by atoms with Gasteiger partial charge in [-0.3, -0.25) is 24.0 Å². The Morgan fingerprint density at radius 3 is 2.46 bits per heavy atom. The van der Waals surface area contributed by atoms with Crippen LogP contribution in [0.15, 0.2) is 12.3 Å². The van der Waals surface area contributed by atoms with Gasteiger partial charge in [-0.2, -0.15) is 13.2 Å². The lowest BCUT2D eigenvalue weighted by Crippen LogP contribution is -2.49. The lowest BCUT2D eigenvalue weighted by molar-refractivity contribution is -0.189. The van der Waals surface area contributed by atoms with Gasteiger partial charge in [0.15, 0.2) is 0 Å². The van der Waals surface area contributed by atoms with Gasteiger partial charge >= 0.3 is 6.18 Å². The predicted octanol–water partition coefficient (Wildman–Crippen LogP) is 1.88. The van der Waals surface area contributed by atoms with Crippen molar-refractivity contribution in [2.45, 2.75) is 69.8 Å². The minimum absolute atomic E-state index is 0.0570. The number of pyridine rings is 1. The van der Waals surface area contributed by atoms with Crippen LogP contribution in [-0.4, -0.2) is 58.7 Å². The molecule has 2 aliphatic carbocycles. The van der Waals surface area contributed by atoms with Gasteiger partial charge in [0, 0.05) is 24.2 Å². The van der Waals surface area contributed by atoms with Crippen LogP contribution in [0.2, 0.25) is 5.02 Å². The quantitative estimate of drug-likeness (QED) is 0.350. The van der Waals surface area contributed by atoms with Crippen molar-refractivity contribution in [2.24, 2.45) is 11.3 Å². The lowest BCUT2D eigenvalue weighted by Gasteiger charge is -2.21. The molecule has 3 atom stereocenters. The third-order valence-electron chi connectivity index (χ3n) is 6.73. The summed E-state index contributed by atoms with van der Waals surface area (Å²) >= 11 is 5.94. The molecule has 0 spiro atoms. The minimum Gasteiger partial charge on any atom is -0.353 e. The highest BCUT2D eigenvalue weighted by Gasteiger charge is 2.68. The summed E-state index contributed by atoms with van der Waals surface area (Å²) < 4.78 is 40.1. The Kier molecular flexibility index (Phi) is 7.19. The molecule has 4 N–H and O–H groups in total. The molecule has 0 radical (unpaired) electrons. The number of aromatic nitrogens is 1. The number of carbonyl (C=O) groups is 5. The topological polar surface area (TPSA) is 146 Å². The zero-order valence-corrected chi connectivity index (χ0v) is 20.5. The number of rotatable bonds is 9. The summed E-state index contributed by atoms with van der Waals surface area (Å²) in [7, 11) is 0. The van der Waals surface area contributed by atoms with Gasteiger partial charge < -0.3 is 21.3 Å². The van der Waals surface area contributed by atoms with E-state index in [0.717, 1.165) is 25.1 Å². The lowest BCUT2D eigenvalue weighted by atomic mass is 9.93. The largest absolute Gasteiger partial charge is 0.403 e. The zero-order valence-electron chi connectivity index (χ0n) is 19.7. The molecular formula is C23H25ClF3N5O5. The molecule has 2 saturated carbocycles. The molecule has 4 rings (SSSR count). The SMILES string of the molecule is C[C@@H]1C[C@@H](CC(NC(=O)c2cc(Cl)cnc2NC(=O)C2(C(F)(F)F)CC2)C(=O)C(=O)NC2CC2)C(=O)N1. The summed E-state index contributed by atoms with van der Waals surface area (Å²) in [6.45, 7) is 1.77. The Morgan fingerprint density at radius 2 is 1.92 bits per heavy atom. The maximum Gasteiger partial charge on any atom is 0.403 e. The van der Waals surface area contributed by atoms with Crippen LogP contribution in [0, 0.1) is 11.3 Å². The summed E-state index contributed by atoms with van der Waals surface area (Å²) in [5, 5.41) is 9.64. The fourth-order valence-corrected chi connectivity index (χ4v) is 4.41. The Hall–Kier alpha value is -3.22. The van der Waals surface area contributed by atoms with Gasteiger partial charge in [-0.1, -0.05) is 11.6 Å². The van der Waals surface area contributed by atoms with Crippen molar-refractivity contribution >= 4 is 46.8 Å². The van der Waals surface area contributed by atoms with E-state index in [-0.39, 0.29) is 29.4 Å². The fraction of sp³-hybridized carbons (Fsp3) is 0.565. The molecule has 10 nitrogen and oxygen atoms in total. The number of alkyl halides is 3. The highest BCUT2D eigenvalue weighted by atomic mass is 35.5. The van der Waals surface area contributed by atoms with Crippen molar-refractivity contribution in [3.63, 3.8) is 0 Å². The molecule has 14 heteroatoms. The molecule has 1 aromatic rings. The first-order valence-electron chi connectivity index (χ1n) is 11.8. The molecule has 2 heterocycles. The van der Waals surface area contributed by atoms with Crippen molar-refractivity contribution in [1.82, 2.24) is 20.9 Å². The van der Waals surface area contributed by atoms with E-state index in [1.165, 1.54) is 0 Å². The van der Waals surface area contributed by atoms with Gasteiger partial charge in [-0.15, -0.1) is 0 Å². The van der Waals surface area contributed by atoms with Crippen LogP contribution in [0.25, 0.3) is 0 Å². The van der Waals surface area contributed by atoms with Crippen LogP contribution >= 0.6 is 11.6 Å². The summed E-state index contributed by atoms with van der Waals surface area (Å²) in [5.74, 6) is -5.73. The molecule has 0 bridgehead atoms. The molecular weight excluding hydrogens is 519 g/mol. The van der Waals surface area contributed by atoms with Crippen molar-refractivity contribution in [3.05, 3.63) is 22.8 Å². The third kappa shape index (κ3) is 5.86. The van der Waals surface area contributed by atoms with Crippen LogP contribution < -0.4 is 21.3 Å². The van der Waals surface area contributed by atoms with Crippen molar-refractivity contribution < 1.29 is 37.1 Å². The van der Waals surface area contributed by atoms with E-state index in [4.69, 9.17) is 11.6 Å². The molecule has 37 heavy (non-hydrogen) atoms. The maximum atomic E-state index is 13.4. The minimum atomic E-state index is -4.78. The number of amides is 4. The molecule has 1 saturated heterocycles. The van der Waals surface area contributed by atoms with Crippen molar-refractivity contribution in [2.75, 3.05) is 5.32 Å². The predicted molar refractivity (Wildman–Crippen MR) is 123 cm³/mol. The number of nitrogens with zero attached hydrogens (tertiary/aromatic N) is 1. The number of nitrogens with one attached hydrogen (secondary N) is 4. The molecule has 1 aromatic heterocycles. The highest BCUT2D eigenvalue weighted by Crippen LogP contribution is 2.58. The van der Waals surface area contributed by atoms with Crippen LogP contribution in [0.4, 0.5) is 19.0 Å². The third-order valence-corrected chi connectivity index (χ3v) is 6.94. The Bertz CT molecular complexity index is 1150. The molecule has 0 aromatic carbocycles. The Labute approximate surface area is 214 Å². The number of anilines is 1. The number of hydrogen-bond acceptors (Lipinski definition) is 6. The van der Waals surface area contributed by atoms with Gasteiger partial charge in [0.2, 0.25) is 17.6 Å². The number of ketones is 1. The molecule has 3 aliphatic rings. The standard InChI is InChI=1S/C23H25ClF3N5O5/c1-10-6-11(18(34)29-10)7-15(16(33)20(36)30-13-2-3-13)31-19(35)14-8-12(24)9-28-17(14)32-21(37)22(4-5-22)23(25,26)27/h8-11,13,15H,2-7H2,1H3,(H,29,34)(H,30,36)(H,31,35)(H,28,32,37)/t10-,11+,15?/m1/s1. The second-order valence-electron chi connectivity index (χ2n) is 9.80. The number of hydrogen-bond donors (Lipinski definition) is 4. The monoisotopic (exact) mass is 543 g/mol. The maximum absolute atomic E-state index is 13.4. The summed E-state index contributed by atoms with van der Waals surface area (Å²) in [4.78, 5) is 67.1. The summed E-state index contributed by atoms with van der Waals surface area (Å²) in [6.07, 6.45) is -2.90. The first-order chi connectivity index (χ1) is 17.3. The van der Waals surface area contributed by atoms with Crippen LogP contribution in [-0.2, 0) is 19.2 Å². The van der Waals surface area contributed by atoms with Gasteiger partial charge in [-0.25, -0.2) is 4.98 Å². The molecule has 1 aliphatic heterocycles. The average molecular weight is 544 g/mol. The van der Waals surface area contributed by atoms with E-state index in [0.29, 0.717) is 6.42 Å². The summed E-state index contributed by atoms with van der Waals surface area (Å²) in [5.41, 5.74) is -2.96. The van der Waals surface area contributed by atoms with Gasteiger partial charge in [0.1, 0.15) is 11.2 Å². The van der Waals surface area contributed by atoms with E-state index in [2.05, 4.69) is 26.3 Å². The summed E-state index contributed by atoms with van der Waals surface area (Å²) in [6, 6.07) is -0.640.